The molecule has 0 saturated heterocycles. The summed E-state index contributed by atoms with van der Waals surface area (Å²) in [6, 6.07) is 0.539. The van der Waals surface area contributed by atoms with Gasteiger partial charge in [0, 0.05) is 12.1 Å². The second-order valence-electron chi connectivity index (χ2n) is 6.91. The van der Waals surface area contributed by atoms with Crippen LogP contribution in [0.3, 0.4) is 0 Å². The number of hydrogen-bond acceptors (Lipinski definition) is 2. The summed E-state index contributed by atoms with van der Waals surface area (Å²) in [7, 11) is 0. The average Bonchev–Trinajstić information content (AvgIpc) is 2.89. The van der Waals surface area contributed by atoms with E-state index >= 15 is 0 Å². The van der Waals surface area contributed by atoms with E-state index in [0.717, 1.165) is 18.8 Å². The van der Waals surface area contributed by atoms with Crippen molar-refractivity contribution in [1.29, 1.82) is 0 Å². The fraction of sp³-hybridized carbons (Fsp3) is 0.933. The van der Waals surface area contributed by atoms with Gasteiger partial charge in [0.2, 0.25) is 5.91 Å². The van der Waals surface area contributed by atoms with E-state index in [-0.39, 0.29) is 17.9 Å². The summed E-state index contributed by atoms with van der Waals surface area (Å²) in [5.74, 6) is 2.33. The number of carbonyl (C=O) groups excluding carboxylic acids is 1. The van der Waals surface area contributed by atoms with Gasteiger partial charge in [-0.25, -0.2) is 0 Å². The summed E-state index contributed by atoms with van der Waals surface area (Å²) in [6.07, 6.45) is 8.55. The van der Waals surface area contributed by atoms with Gasteiger partial charge in [-0.1, -0.05) is 19.8 Å². The zero-order chi connectivity index (χ0) is 12.7. The lowest BCUT2D eigenvalue weighted by Gasteiger charge is -2.32. The van der Waals surface area contributed by atoms with Crippen LogP contribution >= 0.6 is 0 Å². The number of fused-ring (bicyclic) bond motifs is 2. The van der Waals surface area contributed by atoms with Crippen LogP contribution in [0.5, 0.6) is 0 Å². The number of hydrogen-bond donors (Lipinski definition) is 2. The summed E-state index contributed by atoms with van der Waals surface area (Å²) < 4.78 is 0. The molecule has 3 nitrogen and oxygen atoms in total. The van der Waals surface area contributed by atoms with Crippen LogP contribution in [0.4, 0.5) is 0 Å². The predicted molar refractivity (Wildman–Crippen MR) is 71.9 cm³/mol. The largest absolute Gasteiger partial charge is 0.353 e. The third kappa shape index (κ3) is 2.18. The molecule has 0 aromatic rings. The molecule has 0 aromatic heterocycles. The third-order valence-corrected chi connectivity index (χ3v) is 5.57. The predicted octanol–water partition coefficient (Wildman–Crippen LogP) is 2.05. The number of amides is 1. The van der Waals surface area contributed by atoms with Crippen molar-refractivity contribution < 1.29 is 4.79 Å². The van der Waals surface area contributed by atoms with Gasteiger partial charge in [0.15, 0.2) is 0 Å². The quantitative estimate of drug-likeness (QED) is 0.788. The Morgan fingerprint density at radius 3 is 2.56 bits per heavy atom. The maximum absolute atomic E-state index is 12.4. The van der Waals surface area contributed by atoms with E-state index < -0.39 is 0 Å². The van der Waals surface area contributed by atoms with Crippen LogP contribution in [-0.4, -0.2) is 18.0 Å². The van der Waals surface area contributed by atoms with Gasteiger partial charge in [-0.3, -0.25) is 4.79 Å². The van der Waals surface area contributed by atoms with Gasteiger partial charge in [0.05, 0.1) is 5.92 Å². The molecule has 0 aliphatic heterocycles. The summed E-state index contributed by atoms with van der Waals surface area (Å²) in [5, 5.41) is 3.29. The molecule has 2 bridgehead atoms. The minimum atomic E-state index is 0.112. The van der Waals surface area contributed by atoms with Gasteiger partial charge in [-0.2, -0.15) is 0 Å². The lowest BCUT2D eigenvalue weighted by molar-refractivity contribution is -0.128. The average molecular weight is 250 g/mol. The SMILES string of the molecule is CC1CCCC(NC(=O)C2C3CCC(C3)C2N)C1. The zero-order valence-corrected chi connectivity index (χ0v) is 11.4. The molecule has 3 N–H and O–H groups in total. The van der Waals surface area contributed by atoms with E-state index in [0.29, 0.717) is 17.9 Å². The minimum Gasteiger partial charge on any atom is -0.353 e. The first-order chi connectivity index (χ1) is 8.65. The molecule has 0 aromatic carbocycles. The normalized spacial score (nSPS) is 47.2. The van der Waals surface area contributed by atoms with Crippen LogP contribution in [-0.2, 0) is 4.79 Å². The molecule has 6 atom stereocenters. The highest BCUT2D eigenvalue weighted by Crippen LogP contribution is 2.47. The monoisotopic (exact) mass is 250 g/mol. The summed E-state index contributed by atoms with van der Waals surface area (Å²) in [5.41, 5.74) is 6.24. The highest BCUT2D eigenvalue weighted by molar-refractivity contribution is 5.80. The number of nitrogens with two attached hydrogens (primary N) is 1. The molecule has 1 amide bonds. The van der Waals surface area contributed by atoms with Crippen LogP contribution in [0.15, 0.2) is 0 Å². The first-order valence-corrected chi connectivity index (χ1v) is 7.71. The van der Waals surface area contributed by atoms with E-state index in [9.17, 15) is 4.79 Å². The van der Waals surface area contributed by atoms with Crippen LogP contribution < -0.4 is 11.1 Å². The van der Waals surface area contributed by atoms with Gasteiger partial charge >= 0.3 is 0 Å². The Hall–Kier alpha value is -0.570. The van der Waals surface area contributed by atoms with E-state index in [4.69, 9.17) is 5.73 Å². The lowest BCUT2D eigenvalue weighted by Crippen LogP contribution is -2.48. The topological polar surface area (TPSA) is 55.1 Å². The molecule has 102 valence electrons. The summed E-state index contributed by atoms with van der Waals surface area (Å²) in [4.78, 5) is 12.4. The van der Waals surface area contributed by atoms with Crippen molar-refractivity contribution in [2.45, 2.75) is 64.0 Å². The molecular weight excluding hydrogens is 224 g/mol. The molecule has 3 fully saturated rings. The first-order valence-electron chi connectivity index (χ1n) is 7.71. The second-order valence-corrected chi connectivity index (χ2v) is 6.91. The molecule has 0 radical (unpaired) electrons. The van der Waals surface area contributed by atoms with E-state index in [1.165, 1.54) is 32.1 Å². The summed E-state index contributed by atoms with van der Waals surface area (Å²) >= 11 is 0. The molecule has 3 aliphatic rings. The Kier molecular flexibility index (Phi) is 3.35. The van der Waals surface area contributed by atoms with Gasteiger partial charge in [-0.05, 0) is 49.9 Å². The van der Waals surface area contributed by atoms with Gasteiger partial charge in [-0.15, -0.1) is 0 Å². The standard InChI is InChI=1S/C15H26N2O/c1-9-3-2-4-12(7-9)17-15(18)13-10-5-6-11(8-10)14(13)16/h9-14H,2-8,16H2,1H3,(H,17,18). The Morgan fingerprint density at radius 2 is 1.89 bits per heavy atom. The summed E-state index contributed by atoms with van der Waals surface area (Å²) in [6.45, 7) is 2.29. The minimum absolute atomic E-state index is 0.112. The smallest absolute Gasteiger partial charge is 0.225 e. The number of carbonyl (C=O) groups is 1. The Labute approximate surface area is 110 Å². The molecule has 3 rings (SSSR count). The fourth-order valence-electron chi connectivity index (χ4n) is 4.59. The maximum atomic E-state index is 12.4. The van der Waals surface area contributed by atoms with Crippen LogP contribution in [0.1, 0.15) is 51.9 Å². The van der Waals surface area contributed by atoms with Crippen LogP contribution in [0.25, 0.3) is 0 Å². The van der Waals surface area contributed by atoms with Crippen molar-refractivity contribution in [3.05, 3.63) is 0 Å². The Balaban J connectivity index is 1.58. The molecule has 3 heteroatoms. The van der Waals surface area contributed by atoms with Gasteiger partial charge < -0.3 is 11.1 Å². The first kappa shape index (κ1) is 12.5. The maximum Gasteiger partial charge on any atom is 0.225 e. The highest BCUT2D eigenvalue weighted by atomic mass is 16.2. The van der Waals surface area contributed by atoms with Crippen molar-refractivity contribution in [1.82, 2.24) is 5.32 Å². The van der Waals surface area contributed by atoms with Crippen LogP contribution in [0, 0.1) is 23.7 Å². The van der Waals surface area contributed by atoms with Gasteiger partial charge in [0.25, 0.3) is 0 Å². The van der Waals surface area contributed by atoms with E-state index in [2.05, 4.69) is 12.2 Å². The number of nitrogens with one attached hydrogen (secondary N) is 1. The molecule has 18 heavy (non-hydrogen) atoms. The van der Waals surface area contributed by atoms with E-state index in [1.54, 1.807) is 0 Å². The molecule has 0 heterocycles. The van der Waals surface area contributed by atoms with Crippen molar-refractivity contribution in [3.8, 4) is 0 Å². The van der Waals surface area contributed by atoms with Crippen molar-refractivity contribution in [2.75, 3.05) is 0 Å². The van der Waals surface area contributed by atoms with Crippen LogP contribution in [0.2, 0.25) is 0 Å². The van der Waals surface area contributed by atoms with Crippen molar-refractivity contribution >= 4 is 5.91 Å². The fourth-order valence-corrected chi connectivity index (χ4v) is 4.59. The van der Waals surface area contributed by atoms with Gasteiger partial charge in [0.1, 0.15) is 0 Å². The third-order valence-electron chi connectivity index (χ3n) is 5.57. The van der Waals surface area contributed by atoms with Crippen molar-refractivity contribution in [2.24, 2.45) is 29.4 Å². The molecule has 0 spiro atoms. The van der Waals surface area contributed by atoms with E-state index in [1.807, 2.05) is 0 Å². The molecular formula is C15H26N2O. The molecule has 3 saturated carbocycles. The number of rotatable bonds is 2. The zero-order valence-electron chi connectivity index (χ0n) is 11.4. The second kappa shape index (κ2) is 4.84. The molecule has 6 unspecified atom stereocenters. The Morgan fingerprint density at radius 1 is 1.11 bits per heavy atom. The Bertz CT molecular complexity index is 328. The lowest BCUT2D eigenvalue weighted by atomic mass is 9.83. The molecule has 3 aliphatic carbocycles. The van der Waals surface area contributed by atoms with Crippen molar-refractivity contribution in [3.63, 3.8) is 0 Å². The highest BCUT2D eigenvalue weighted by Gasteiger charge is 2.49.